The van der Waals surface area contributed by atoms with Gasteiger partial charge in [-0.2, -0.15) is 0 Å². The molecule has 0 spiro atoms. The van der Waals surface area contributed by atoms with Gasteiger partial charge in [-0.15, -0.1) is 0 Å². The molecule has 0 saturated heterocycles. The molecule has 190 valence electrons. The molecule has 0 aromatic heterocycles. The van der Waals surface area contributed by atoms with E-state index in [1.165, 1.54) is 0 Å². The van der Waals surface area contributed by atoms with Crippen molar-refractivity contribution in [2.75, 3.05) is 0 Å². The molecular formula is C28H43NO5. The van der Waals surface area contributed by atoms with Gasteiger partial charge in [0.05, 0.1) is 0 Å². The number of hydrogen-bond donors (Lipinski definition) is 3. The summed E-state index contributed by atoms with van der Waals surface area (Å²) in [4.78, 5) is 33.6. The maximum atomic E-state index is 11.9. The van der Waals surface area contributed by atoms with Crippen LogP contribution < -0.4 is 5.32 Å². The fourth-order valence-corrected chi connectivity index (χ4v) is 3.07. The molecule has 1 amide bonds. The Labute approximate surface area is 205 Å². The van der Waals surface area contributed by atoms with Crippen LogP contribution in [-0.4, -0.2) is 34.1 Å². The largest absolute Gasteiger partial charge is 0.481 e. The van der Waals surface area contributed by atoms with Crippen LogP contribution in [0.4, 0.5) is 0 Å². The highest BCUT2D eigenvalue weighted by Gasteiger charge is 2.19. The number of allylic oxidation sites excluding steroid dienone is 10. The summed E-state index contributed by atoms with van der Waals surface area (Å²) in [6.45, 7) is 2.14. The van der Waals surface area contributed by atoms with Gasteiger partial charge in [0.1, 0.15) is 6.04 Å². The Morgan fingerprint density at radius 2 is 1.21 bits per heavy atom. The van der Waals surface area contributed by atoms with Crippen LogP contribution in [0.15, 0.2) is 60.8 Å². The van der Waals surface area contributed by atoms with Crippen molar-refractivity contribution in [3.8, 4) is 0 Å². The molecule has 0 fully saturated rings. The maximum absolute atomic E-state index is 11.9. The Bertz CT molecular complexity index is 704. The zero-order valence-corrected chi connectivity index (χ0v) is 20.7. The minimum Gasteiger partial charge on any atom is -0.481 e. The summed E-state index contributed by atoms with van der Waals surface area (Å²) in [5, 5.41) is 20.2. The van der Waals surface area contributed by atoms with Crippen molar-refractivity contribution < 1.29 is 24.6 Å². The third kappa shape index (κ3) is 22.3. The monoisotopic (exact) mass is 473 g/mol. The van der Waals surface area contributed by atoms with Crippen molar-refractivity contribution in [3.63, 3.8) is 0 Å². The predicted molar refractivity (Wildman–Crippen MR) is 139 cm³/mol. The van der Waals surface area contributed by atoms with E-state index in [2.05, 4.69) is 73.0 Å². The van der Waals surface area contributed by atoms with Gasteiger partial charge in [-0.25, -0.2) is 4.79 Å². The van der Waals surface area contributed by atoms with Gasteiger partial charge in [-0.1, -0.05) is 74.1 Å². The molecule has 0 aromatic rings. The van der Waals surface area contributed by atoms with Crippen LogP contribution in [0.3, 0.4) is 0 Å². The van der Waals surface area contributed by atoms with Gasteiger partial charge < -0.3 is 15.5 Å². The molecule has 34 heavy (non-hydrogen) atoms. The zero-order chi connectivity index (χ0) is 25.3. The van der Waals surface area contributed by atoms with Crippen LogP contribution in [0, 0.1) is 0 Å². The van der Waals surface area contributed by atoms with Crippen molar-refractivity contribution >= 4 is 17.8 Å². The standard InChI is InChI=1S/C28H43NO5/c1-2-3-4-5-6-7-8-9-10-11-12-13-14-15-16-17-18-19-20-23-26(30)29-25(28(33)34)22-21-24-27(31)32/h3-4,6-7,9-10,12-13,15-16,25H,2,5,8,11,14,17-24H2,1H3,(H,29,30)(H,31,32)(H,33,34)/b4-3-,7-6-,10-9-,13-12-,16-15-/t25-/m1/s1. The van der Waals surface area contributed by atoms with Crippen LogP contribution in [-0.2, 0) is 14.4 Å². The summed E-state index contributed by atoms with van der Waals surface area (Å²) in [6.07, 6.45) is 30.7. The third-order valence-corrected chi connectivity index (χ3v) is 4.95. The molecule has 0 radical (unpaired) electrons. The number of carboxylic acid groups (broad SMARTS) is 2. The number of aliphatic carboxylic acids is 2. The second-order valence-electron chi connectivity index (χ2n) is 8.05. The molecule has 0 aromatic carbocycles. The Morgan fingerprint density at radius 3 is 1.71 bits per heavy atom. The van der Waals surface area contributed by atoms with E-state index in [0.29, 0.717) is 6.42 Å². The number of rotatable bonds is 21. The van der Waals surface area contributed by atoms with Gasteiger partial charge in [0.2, 0.25) is 5.91 Å². The van der Waals surface area contributed by atoms with E-state index in [-0.39, 0.29) is 31.6 Å². The average molecular weight is 474 g/mol. The van der Waals surface area contributed by atoms with Crippen molar-refractivity contribution in [2.24, 2.45) is 0 Å². The summed E-state index contributed by atoms with van der Waals surface area (Å²) in [6, 6.07) is -1.02. The Balaban J connectivity index is 3.72. The lowest BCUT2D eigenvalue weighted by atomic mass is 10.1. The van der Waals surface area contributed by atoms with Crippen LogP contribution in [0.5, 0.6) is 0 Å². The molecule has 0 aliphatic heterocycles. The lowest BCUT2D eigenvalue weighted by molar-refractivity contribution is -0.142. The molecule has 1 atom stereocenters. The molecule has 6 heteroatoms. The molecule has 0 unspecified atom stereocenters. The van der Waals surface area contributed by atoms with Crippen molar-refractivity contribution in [3.05, 3.63) is 60.8 Å². The van der Waals surface area contributed by atoms with Gasteiger partial charge in [-0.3, -0.25) is 9.59 Å². The minimum atomic E-state index is -1.13. The highest BCUT2D eigenvalue weighted by atomic mass is 16.4. The van der Waals surface area contributed by atoms with Gasteiger partial charge in [0.15, 0.2) is 0 Å². The van der Waals surface area contributed by atoms with Crippen LogP contribution in [0.25, 0.3) is 0 Å². The summed E-state index contributed by atoms with van der Waals surface area (Å²) >= 11 is 0. The van der Waals surface area contributed by atoms with E-state index >= 15 is 0 Å². The van der Waals surface area contributed by atoms with Gasteiger partial charge in [0, 0.05) is 12.8 Å². The summed E-state index contributed by atoms with van der Waals surface area (Å²) < 4.78 is 0. The molecule has 0 saturated carbocycles. The molecule has 3 N–H and O–H groups in total. The Morgan fingerprint density at radius 1 is 0.676 bits per heavy atom. The lowest BCUT2D eigenvalue weighted by Crippen LogP contribution is -2.40. The zero-order valence-electron chi connectivity index (χ0n) is 20.7. The first-order chi connectivity index (χ1) is 16.5. The van der Waals surface area contributed by atoms with Crippen LogP contribution >= 0.6 is 0 Å². The molecule has 0 rings (SSSR count). The third-order valence-electron chi connectivity index (χ3n) is 4.95. The minimum absolute atomic E-state index is 0.102. The number of amides is 1. The smallest absolute Gasteiger partial charge is 0.326 e. The highest BCUT2D eigenvalue weighted by molar-refractivity contribution is 5.83. The molecule has 6 nitrogen and oxygen atoms in total. The molecule has 0 aliphatic carbocycles. The summed E-state index contributed by atoms with van der Waals surface area (Å²) in [5.74, 6) is -2.39. The van der Waals surface area contributed by atoms with E-state index in [1.807, 2.05) is 0 Å². The molecule has 0 heterocycles. The number of carbonyl (C=O) groups is 3. The summed E-state index contributed by atoms with van der Waals surface area (Å²) in [7, 11) is 0. The number of unbranched alkanes of at least 4 members (excludes halogenated alkanes) is 3. The molecular weight excluding hydrogens is 430 g/mol. The summed E-state index contributed by atoms with van der Waals surface area (Å²) in [5.41, 5.74) is 0. The predicted octanol–water partition coefficient (Wildman–Crippen LogP) is 6.51. The first-order valence-corrected chi connectivity index (χ1v) is 12.5. The number of hydrogen-bond acceptors (Lipinski definition) is 3. The maximum Gasteiger partial charge on any atom is 0.326 e. The van der Waals surface area contributed by atoms with E-state index < -0.39 is 18.0 Å². The molecule has 0 bridgehead atoms. The van der Waals surface area contributed by atoms with Crippen LogP contribution in [0.1, 0.15) is 90.4 Å². The van der Waals surface area contributed by atoms with Gasteiger partial charge in [0.25, 0.3) is 0 Å². The van der Waals surface area contributed by atoms with Crippen molar-refractivity contribution in [1.29, 1.82) is 0 Å². The first kappa shape index (κ1) is 31.1. The molecule has 0 aliphatic rings. The average Bonchev–Trinajstić information content (AvgIpc) is 2.79. The fraction of sp³-hybridized carbons (Fsp3) is 0.536. The first-order valence-electron chi connectivity index (χ1n) is 12.5. The van der Waals surface area contributed by atoms with Gasteiger partial charge >= 0.3 is 11.9 Å². The highest BCUT2D eigenvalue weighted by Crippen LogP contribution is 2.06. The van der Waals surface area contributed by atoms with Gasteiger partial charge in [-0.05, 0) is 64.2 Å². The second kappa shape index (κ2) is 23.3. The normalized spacial score (nSPS) is 13.1. The van der Waals surface area contributed by atoms with E-state index in [4.69, 9.17) is 10.2 Å². The Kier molecular flexibility index (Phi) is 21.3. The number of nitrogens with one attached hydrogen (secondary N) is 1. The SMILES string of the molecule is CC/C=C\C/C=C\C/C=C\C/C=C\C/C=C\CCCCCC(=O)N[C@H](CCCC(=O)O)C(=O)O. The van der Waals surface area contributed by atoms with Crippen molar-refractivity contribution in [1.82, 2.24) is 5.32 Å². The second-order valence-corrected chi connectivity index (χ2v) is 8.05. The van der Waals surface area contributed by atoms with E-state index in [9.17, 15) is 14.4 Å². The van der Waals surface area contributed by atoms with E-state index in [1.54, 1.807) is 0 Å². The topological polar surface area (TPSA) is 104 Å². The fourth-order valence-electron chi connectivity index (χ4n) is 3.07. The lowest BCUT2D eigenvalue weighted by Gasteiger charge is -2.13. The number of carboxylic acids is 2. The quantitative estimate of drug-likeness (QED) is 0.130. The number of carbonyl (C=O) groups excluding carboxylic acids is 1. The van der Waals surface area contributed by atoms with E-state index in [0.717, 1.165) is 51.4 Å². The Hall–Kier alpha value is -2.89. The van der Waals surface area contributed by atoms with Crippen LogP contribution in [0.2, 0.25) is 0 Å². The van der Waals surface area contributed by atoms with Crippen molar-refractivity contribution in [2.45, 2.75) is 96.4 Å².